The standard InChI is InChI=1S/C11H14FN3O3/c1-11(2,13-3)10(16)14-8-4-7(12)5-9(6-8)15(17)18/h4-6,13H,1-3H3,(H,14,16). The van der Waals surface area contributed by atoms with E-state index in [-0.39, 0.29) is 5.69 Å². The fourth-order valence-electron chi connectivity index (χ4n) is 1.15. The van der Waals surface area contributed by atoms with Crippen LogP contribution < -0.4 is 10.6 Å². The largest absolute Gasteiger partial charge is 0.324 e. The van der Waals surface area contributed by atoms with Crippen LogP contribution in [0.3, 0.4) is 0 Å². The molecule has 0 fully saturated rings. The van der Waals surface area contributed by atoms with Gasteiger partial charge in [0.15, 0.2) is 0 Å². The molecule has 0 spiro atoms. The summed E-state index contributed by atoms with van der Waals surface area (Å²) in [5.74, 6) is -1.19. The molecule has 0 bridgehead atoms. The van der Waals surface area contributed by atoms with Gasteiger partial charge >= 0.3 is 0 Å². The lowest BCUT2D eigenvalue weighted by Gasteiger charge is -2.22. The molecule has 0 aliphatic heterocycles. The van der Waals surface area contributed by atoms with Crippen molar-refractivity contribution in [3.63, 3.8) is 0 Å². The van der Waals surface area contributed by atoms with Crippen molar-refractivity contribution in [2.24, 2.45) is 0 Å². The van der Waals surface area contributed by atoms with Gasteiger partial charge in [0.2, 0.25) is 5.91 Å². The monoisotopic (exact) mass is 255 g/mol. The van der Waals surface area contributed by atoms with Crippen molar-refractivity contribution in [2.75, 3.05) is 12.4 Å². The number of amides is 1. The van der Waals surface area contributed by atoms with Crippen LogP contribution in [0.25, 0.3) is 0 Å². The van der Waals surface area contributed by atoms with Crippen LogP contribution in [0.4, 0.5) is 15.8 Å². The highest BCUT2D eigenvalue weighted by atomic mass is 19.1. The van der Waals surface area contributed by atoms with E-state index >= 15 is 0 Å². The van der Waals surface area contributed by atoms with Gasteiger partial charge in [0.05, 0.1) is 22.2 Å². The summed E-state index contributed by atoms with van der Waals surface area (Å²) >= 11 is 0. The summed E-state index contributed by atoms with van der Waals surface area (Å²) in [6, 6.07) is 2.92. The van der Waals surface area contributed by atoms with Crippen LogP contribution in [0.1, 0.15) is 13.8 Å². The molecule has 0 heterocycles. The predicted molar refractivity (Wildman–Crippen MR) is 64.8 cm³/mol. The van der Waals surface area contributed by atoms with Crippen molar-refractivity contribution in [1.29, 1.82) is 0 Å². The van der Waals surface area contributed by atoms with Crippen LogP contribution in [0.5, 0.6) is 0 Å². The van der Waals surface area contributed by atoms with E-state index in [1.165, 1.54) is 0 Å². The number of halogens is 1. The van der Waals surface area contributed by atoms with Crippen molar-refractivity contribution in [1.82, 2.24) is 5.32 Å². The first kappa shape index (κ1) is 14.0. The Balaban J connectivity index is 2.98. The Morgan fingerprint density at radius 3 is 2.50 bits per heavy atom. The highest BCUT2D eigenvalue weighted by Gasteiger charge is 2.25. The highest BCUT2D eigenvalue weighted by Crippen LogP contribution is 2.20. The predicted octanol–water partition coefficient (Wildman–Crippen LogP) is 1.67. The van der Waals surface area contributed by atoms with E-state index in [1.54, 1.807) is 20.9 Å². The minimum Gasteiger partial charge on any atom is -0.324 e. The lowest BCUT2D eigenvalue weighted by Crippen LogP contribution is -2.47. The van der Waals surface area contributed by atoms with E-state index in [9.17, 15) is 19.3 Å². The topological polar surface area (TPSA) is 84.3 Å². The Morgan fingerprint density at radius 1 is 1.39 bits per heavy atom. The van der Waals surface area contributed by atoms with E-state index in [0.717, 1.165) is 18.2 Å². The molecule has 98 valence electrons. The number of nitrogens with one attached hydrogen (secondary N) is 2. The smallest absolute Gasteiger partial charge is 0.274 e. The first-order valence-corrected chi connectivity index (χ1v) is 5.21. The van der Waals surface area contributed by atoms with Gasteiger partial charge in [0.25, 0.3) is 5.69 Å². The quantitative estimate of drug-likeness (QED) is 0.633. The molecular weight excluding hydrogens is 241 g/mol. The van der Waals surface area contributed by atoms with Gasteiger partial charge < -0.3 is 10.6 Å². The maximum absolute atomic E-state index is 13.1. The molecule has 1 aromatic carbocycles. The van der Waals surface area contributed by atoms with Gasteiger partial charge in [-0.25, -0.2) is 4.39 Å². The minimum atomic E-state index is -0.860. The maximum atomic E-state index is 13.1. The number of non-ortho nitro benzene ring substituents is 1. The van der Waals surface area contributed by atoms with Crippen molar-refractivity contribution in [2.45, 2.75) is 19.4 Å². The van der Waals surface area contributed by atoms with Gasteiger partial charge in [-0.3, -0.25) is 14.9 Å². The average molecular weight is 255 g/mol. The van der Waals surface area contributed by atoms with Gasteiger partial charge in [0.1, 0.15) is 5.82 Å². The van der Waals surface area contributed by atoms with Crippen molar-refractivity contribution < 1.29 is 14.1 Å². The molecule has 0 unspecified atom stereocenters. The Morgan fingerprint density at radius 2 is 2.00 bits per heavy atom. The summed E-state index contributed by atoms with van der Waals surface area (Å²) in [4.78, 5) is 21.6. The van der Waals surface area contributed by atoms with Crippen LogP contribution in [-0.4, -0.2) is 23.4 Å². The number of nitrogens with zero attached hydrogens (tertiary/aromatic N) is 1. The van der Waals surface area contributed by atoms with E-state index in [2.05, 4.69) is 10.6 Å². The second-order valence-corrected chi connectivity index (χ2v) is 4.28. The summed E-state index contributed by atoms with van der Waals surface area (Å²) in [5.41, 5.74) is -1.22. The van der Waals surface area contributed by atoms with Crippen LogP contribution in [-0.2, 0) is 4.79 Å². The third-order valence-corrected chi connectivity index (χ3v) is 2.54. The van der Waals surface area contributed by atoms with Gasteiger partial charge in [-0.2, -0.15) is 0 Å². The normalized spacial score (nSPS) is 11.1. The van der Waals surface area contributed by atoms with Crippen LogP contribution in [0.2, 0.25) is 0 Å². The molecular formula is C11H14FN3O3. The number of nitro benzene ring substituents is 1. The van der Waals surface area contributed by atoms with Gasteiger partial charge in [-0.1, -0.05) is 0 Å². The van der Waals surface area contributed by atoms with Gasteiger partial charge in [-0.15, -0.1) is 0 Å². The van der Waals surface area contributed by atoms with Crippen molar-refractivity contribution in [3.05, 3.63) is 34.1 Å². The lowest BCUT2D eigenvalue weighted by molar-refractivity contribution is -0.385. The summed E-state index contributed by atoms with van der Waals surface area (Å²) in [5, 5.41) is 15.8. The van der Waals surface area contributed by atoms with Gasteiger partial charge in [-0.05, 0) is 27.0 Å². The third kappa shape index (κ3) is 3.24. The molecule has 0 aliphatic carbocycles. The average Bonchev–Trinajstić information content (AvgIpc) is 2.28. The number of anilines is 1. The molecule has 6 nitrogen and oxygen atoms in total. The molecule has 1 amide bonds. The molecule has 0 atom stereocenters. The number of carbonyl (C=O) groups is 1. The number of likely N-dealkylation sites (N-methyl/N-ethyl adjacent to an activating group) is 1. The van der Waals surface area contributed by atoms with Crippen LogP contribution in [0, 0.1) is 15.9 Å². The second kappa shape index (κ2) is 5.09. The van der Waals surface area contributed by atoms with E-state index < -0.39 is 27.9 Å². The Kier molecular flexibility index (Phi) is 3.97. The first-order chi connectivity index (χ1) is 8.26. The van der Waals surface area contributed by atoms with Crippen LogP contribution >= 0.6 is 0 Å². The Hall–Kier alpha value is -2.02. The molecule has 0 aliphatic rings. The molecule has 2 N–H and O–H groups in total. The zero-order valence-corrected chi connectivity index (χ0v) is 10.3. The van der Waals surface area contributed by atoms with Crippen LogP contribution in [0.15, 0.2) is 18.2 Å². The summed E-state index contributed by atoms with van der Waals surface area (Å²) < 4.78 is 13.1. The molecule has 0 saturated carbocycles. The van der Waals surface area contributed by atoms with E-state index in [0.29, 0.717) is 0 Å². The number of benzene rings is 1. The molecule has 1 rings (SSSR count). The summed E-state index contributed by atoms with van der Waals surface area (Å²) in [7, 11) is 1.60. The van der Waals surface area contributed by atoms with Gasteiger partial charge in [0, 0.05) is 6.07 Å². The Labute approximate surface area is 103 Å². The minimum absolute atomic E-state index is 0.0509. The van der Waals surface area contributed by atoms with E-state index in [1.807, 2.05) is 0 Å². The highest BCUT2D eigenvalue weighted by molar-refractivity contribution is 5.97. The molecule has 0 aromatic heterocycles. The maximum Gasteiger partial charge on any atom is 0.274 e. The SMILES string of the molecule is CNC(C)(C)C(=O)Nc1cc(F)cc([N+](=O)[O-])c1. The zero-order chi connectivity index (χ0) is 13.9. The fraction of sp³-hybridized carbons (Fsp3) is 0.364. The van der Waals surface area contributed by atoms with E-state index in [4.69, 9.17) is 0 Å². The fourth-order valence-corrected chi connectivity index (χ4v) is 1.15. The summed E-state index contributed by atoms with van der Waals surface area (Å²) in [6.07, 6.45) is 0. The summed E-state index contributed by atoms with van der Waals surface area (Å²) in [6.45, 7) is 3.27. The Bertz CT molecular complexity index is 488. The molecule has 0 saturated heterocycles. The van der Waals surface area contributed by atoms with Crippen molar-refractivity contribution in [3.8, 4) is 0 Å². The molecule has 0 radical (unpaired) electrons. The lowest BCUT2D eigenvalue weighted by atomic mass is 10.1. The molecule has 18 heavy (non-hydrogen) atoms. The number of hydrogen-bond acceptors (Lipinski definition) is 4. The number of rotatable bonds is 4. The third-order valence-electron chi connectivity index (χ3n) is 2.54. The second-order valence-electron chi connectivity index (χ2n) is 4.28. The molecule has 7 heteroatoms. The first-order valence-electron chi connectivity index (χ1n) is 5.21. The molecule has 1 aromatic rings. The zero-order valence-electron chi connectivity index (χ0n) is 10.3. The number of carbonyl (C=O) groups excluding carboxylic acids is 1. The van der Waals surface area contributed by atoms with Crippen molar-refractivity contribution >= 4 is 17.3 Å². The number of hydrogen-bond donors (Lipinski definition) is 2. The number of nitro groups is 1.